The van der Waals surface area contributed by atoms with E-state index in [1.165, 1.54) is 0 Å². The Labute approximate surface area is 78.5 Å². The number of rotatable bonds is 2. The third kappa shape index (κ3) is 2.28. The van der Waals surface area contributed by atoms with Crippen molar-refractivity contribution in [2.45, 2.75) is 45.6 Å². The molecule has 1 heterocycles. The van der Waals surface area contributed by atoms with Gasteiger partial charge in [-0.15, -0.1) is 10.2 Å². The summed E-state index contributed by atoms with van der Waals surface area (Å²) in [5, 5.41) is 7.87. The van der Waals surface area contributed by atoms with Crippen LogP contribution in [0.5, 0.6) is 0 Å². The van der Waals surface area contributed by atoms with E-state index in [0.717, 1.165) is 6.42 Å². The molecule has 74 valence electrons. The van der Waals surface area contributed by atoms with Crippen molar-refractivity contribution in [3.63, 3.8) is 0 Å². The van der Waals surface area contributed by atoms with E-state index >= 15 is 0 Å². The first-order valence-electron chi connectivity index (χ1n) is 4.54. The van der Waals surface area contributed by atoms with Crippen LogP contribution in [0.1, 0.15) is 51.9 Å². The molecule has 0 saturated heterocycles. The summed E-state index contributed by atoms with van der Waals surface area (Å²) in [5.74, 6) is 1.18. The number of aromatic nitrogens is 2. The molecule has 13 heavy (non-hydrogen) atoms. The Hall–Kier alpha value is -0.900. The first-order valence-corrected chi connectivity index (χ1v) is 4.54. The molecule has 0 bridgehead atoms. The van der Waals surface area contributed by atoms with Crippen molar-refractivity contribution >= 4 is 0 Å². The highest BCUT2D eigenvalue weighted by Crippen LogP contribution is 2.22. The highest BCUT2D eigenvalue weighted by molar-refractivity contribution is 4.97. The van der Waals surface area contributed by atoms with Crippen molar-refractivity contribution in [3.8, 4) is 0 Å². The molecule has 0 aliphatic rings. The molecule has 1 unspecified atom stereocenters. The monoisotopic (exact) mass is 183 g/mol. The third-order valence-corrected chi connectivity index (χ3v) is 1.84. The van der Waals surface area contributed by atoms with E-state index in [2.05, 4.69) is 10.2 Å². The average molecular weight is 183 g/mol. The maximum atomic E-state index is 5.75. The van der Waals surface area contributed by atoms with Crippen LogP contribution in [0.25, 0.3) is 0 Å². The highest BCUT2D eigenvalue weighted by atomic mass is 16.4. The number of hydrogen-bond donors (Lipinski definition) is 1. The van der Waals surface area contributed by atoms with Crippen molar-refractivity contribution in [3.05, 3.63) is 11.8 Å². The second-order valence-electron chi connectivity index (χ2n) is 4.21. The van der Waals surface area contributed by atoms with E-state index in [1.54, 1.807) is 0 Å². The van der Waals surface area contributed by atoms with Crippen molar-refractivity contribution in [1.29, 1.82) is 0 Å². The van der Waals surface area contributed by atoms with E-state index in [1.807, 2.05) is 27.7 Å². The van der Waals surface area contributed by atoms with Crippen LogP contribution in [-0.4, -0.2) is 10.2 Å². The van der Waals surface area contributed by atoms with E-state index < -0.39 is 0 Å². The summed E-state index contributed by atoms with van der Waals surface area (Å²) in [5.41, 5.74) is 5.66. The quantitative estimate of drug-likeness (QED) is 0.759. The van der Waals surface area contributed by atoms with Crippen LogP contribution in [0.2, 0.25) is 0 Å². The van der Waals surface area contributed by atoms with Gasteiger partial charge in [-0.25, -0.2) is 0 Å². The molecule has 0 saturated carbocycles. The Balaban J connectivity index is 2.87. The van der Waals surface area contributed by atoms with Gasteiger partial charge in [-0.1, -0.05) is 27.7 Å². The molecule has 0 amide bonds. The van der Waals surface area contributed by atoms with Gasteiger partial charge < -0.3 is 10.2 Å². The predicted octanol–water partition coefficient (Wildman–Crippen LogP) is 1.78. The fourth-order valence-corrected chi connectivity index (χ4v) is 0.862. The summed E-state index contributed by atoms with van der Waals surface area (Å²) in [7, 11) is 0. The molecule has 0 aliphatic carbocycles. The van der Waals surface area contributed by atoms with Gasteiger partial charge in [-0.05, 0) is 6.42 Å². The molecule has 0 fully saturated rings. The Morgan fingerprint density at radius 3 is 2.38 bits per heavy atom. The van der Waals surface area contributed by atoms with Crippen molar-refractivity contribution in [2.24, 2.45) is 5.73 Å². The van der Waals surface area contributed by atoms with Crippen LogP contribution < -0.4 is 5.73 Å². The van der Waals surface area contributed by atoms with Crippen molar-refractivity contribution in [2.75, 3.05) is 0 Å². The highest BCUT2D eigenvalue weighted by Gasteiger charge is 2.22. The van der Waals surface area contributed by atoms with Crippen LogP contribution in [0.4, 0.5) is 0 Å². The van der Waals surface area contributed by atoms with Gasteiger partial charge in [-0.3, -0.25) is 0 Å². The fraction of sp³-hybridized carbons (Fsp3) is 0.778. The van der Waals surface area contributed by atoms with Gasteiger partial charge in [0.15, 0.2) is 0 Å². The normalized spacial score (nSPS) is 14.5. The zero-order valence-corrected chi connectivity index (χ0v) is 8.66. The molecule has 1 aromatic heterocycles. The number of hydrogen-bond acceptors (Lipinski definition) is 4. The molecular weight excluding hydrogens is 166 g/mol. The van der Waals surface area contributed by atoms with Gasteiger partial charge in [0, 0.05) is 5.41 Å². The van der Waals surface area contributed by atoms with Gasteiger partial charge in [-0.2, -0.15) is 0 Å². The Morgan fingerprint density at radius 2 is 2.00 bits per heavy atom. The lowest BCUT2D eigenvalue weighted by molar-refractivity contribution is 0.354. The smallest absolute Gasteiger partial charge is 0.233 e. The Morgan fingerprint density at radius 1 is 1.38 bits per heavy atom. The molecule has 0 spiro atoms. The summed E-state index contributed by atoms with van der Waals surface area (Å²) >= 11 is 0. The summed E-state index contributed by atoms with van der Waals surface area (Å²) in [6.45, 7) is 8.08. The van der Waals surface area contributed by atoms with Gasteiger partial charge in [0.1, 0.15) is 0 Å². The van der Waals surface area contributed by atoms with Crippen LogP contribution >= 0.6 is 0 Å². The molecule has 4 heteroatoms. The van der Waals surface area contributed by atoms with Gasteiger partial charge >= 0.3 is 0 Å². The SMILES string of the molecule is CCC(N)c1nnc(C(C)(C)C)o1. The second-order valence-corrected chi connectivity index (χ2v) is 4.21. The first kappa shape index (κ1) is 10.2. The maximum Gasteiger partial charge on any atom is 0.233 e. The minimum absolute atomic E-state index is 0.0985. The van der Waals surface area contributed by atoms with Crippen LogP contribution in [0, 0.1) is 0 Å². The topological polar surface area (TPSA) is 64.9 Å². The molecule has 1 atom stereocenters. The second kappa shape index (κ2) is 3.46. The average Bonchev–Trinajstić information content (AvgIpc) is 2.50. The lowest BCUT2D eigenvalue weighted by Gasteiger charge is -2.11. The fourth-order valence-electron chi connectivity index (χ4n) is 0.862. The first-order chi connectivity index (χ1) is 5.95. The minimum Gasteiger partial charge on any atom is -0.423 e. The molecule has 0 aliphatic heterocycles. The number of nitrogens with two attached hydrogens (primary N) is 1. The van der Waals surface area contributed by atoms with Crippen LogP contribution in [0.15, 0.2) is 4.42 Å². The third-order valence-electron chi connectivity index (χ3n) is 1.84. The molecule has 1 rings (SSSR count). The maximum absolute atomic E-state index is 5.75. The standard InChI is InChI=1S/C9H17N3O/c1-5-6(10)7-11-12-8(13-7)9(2,3)4/h6H,5,10H2,1-4H3. The van der Waals surface area contributed by atoms with Crippen molar-refractivity contribution in [1.82, 2.24) is 10.2 Å². The van der Waals surface area contributed by atoms with Gasteiger partial charge in [0.25, 0.3) is 0 Å². The summed E-state index contributed by atoms with van der Waals surface area (Å²) < 4.78 is 5.45. The van der Waals surface area contributed by atoms with E-state index in [4.69, 9.17) is 10.2 Å². The van der Waals surface area contributed by atoms with E-state index in [9.17, 15) is 0 Å². The van der Waals surface area contributed by atoms with E-state index in [-0.39, 0.29) is 11.5 Å². The molecule has 2 N–H and O–H groups in total. The van der Waals surface area contributed by atoms with Crippen LogP contribution in [-0.2, 0) is 5.41 Å². The van der Waals surface area contributed by atoms with Gasteiger partial charge in [0.2, 0.25) is 11.8 Å². The predicted molar refractivity (Wildman–Crippen MR) is 50.2 cm³/mol. The Bertz CT molecular complexity index is 275. The summed E-state index contributed by atoms with van der Waals surface area (Å²) in [4.78, 5) is 0. The minimum atomic E-state index is -0.136. The Kier molecular flexibility index (Phi) is 2.71. The van der Waals surface area contributed by atoms with E-state index in [0.29, 0.717) is 11.8 Å². The van der Waals surface area contributed by atoms with Gasteiger partial charge in [0.05, 0.1) is 6.04 Å². The van der Waals surface area contributed by atoms with Crippen molar-refractivity contribution < 1.29 is 4.42 Å². The molecular formula is C9H17N3O. The summed E-state index contributed by atoms with van der Waals surface area (Å²) in [6, 6.07) is -0.136. The molecule has 0 radical (unpaired) electrons. The largest absolute Gasteiger partial charge is 0.423 e. The van der Waals surface area contributed by atoms with Crippen LogP contribution in [0.3, 0.4) is 0 Å². The lowest BCUT2D eigenvalue weighted by atomic mass is 9.97. The zero-order valence-electron chi connectivity index (χ0n) is 8.66. The molecule has 1 aromatic rings. The lowest BCUT2D eigenvalue weighted by Crippen LogP contribution is -2.11. The number of nitrogens with zero attached hydrogens (tertiary/aromatic N) is 2. The molecule has 0 aromatic carbocycles. The zero-order chi connectivity index (χ0) is 10.1. The summed E-state index contributed by atoms with van der Waals surface area (Å²) in [6.07, 6.45) is 0.811. The molecule has 4 nitrogen and oxygen atoms in total.